The van der Waals surface area contributed by atoms with Crippen LogP contribution >= 0.6 is 0 Å². The summed E-state index contributed by atoms with van der Waals surface area (Å²) in [4.78, 5) is 21.4. The maximum atomic E-state index is 13.4. The first-order valence-electron chi connectivity index (χ1n) is 12.9. The third-order valence-electron chi connectivity index (χ3n) is 6.82. The maximum Gasteiger partial charge on any atom is 0.280 e. The van der Waals surface area contributed by atoms with Crippen LogP contribution in [0.25, 0.3) is 11.1 Å². The van der Waals surface area contributed by atoms with Gasteiger partial charge < -0.3 is 5.11 Å². The van der Waals surface area contributed by atoms with Gasteiger partial charge in [0.1, 0.15) is 5.82 Å². The van der Waals surface area contributed by atoms with Crippen molar-refractivity contribution in [3.8, 4) is 23.1 Å². The predicted molar refractivity (Wildman–Crippen MR) is 146 cm³/mol. The number of pyridine rings is 1. The van der Waals surface area contributed by atoms with Gasteiger partial charge in [-0.2, -0.15) is 14.6 Å². The molecule has 0 saturated carbocycles. The molecule has 0 aliphatic rings. The van der Waals surface area contributed by atoms with Gasteiger partial charge in [-0.1, -0.05) is 56.7 Å². The molecule has 4 rings (SSSR count). The number of halogens is 1. The van der Waals surface area contributed by atoms with E-state index in [0.29, 0.717) is 29.9 Å². The Morgan fingerprint density at radius 1 is 1.08 bits per heavy atom. The van der Waals surface area contributed by atoms with Crippen molar-refractivity contribution in [2.75, 3.05) is 0 Å². The second-order valence-electron chi connectivity index (χ2n) is 9.41. The lowest BCUT2D eigenvalue weighted by Gasteiger charge is -2.25. The lowest BCUT2D eigenvalue weighted by molar-refractivity contribution is 0.368. The Kier molecular flexibility index (Phi) is 8.32. The van der Waals surface area contributed by atoms with Crippen LogP contribution in [0.15, 0.2) is 65.5 Å². The van der Waals surface area contributed by atoms with E-state index in [2.05, 4.69) is 23.0 Å². The Balaban J connectivity index is 1.75. The Morgan fingerprint density at radius 3 is 2.50 bits per heavy atom. The summed E-state index contributed by atoms with van der Waals surface area (Å²) in [6.07, 6.45) is 3.17. The van der Waals surface area contributed by atoms with Gasteiger partial charge in [-0.3, -0.25) is 9.36 Å². The standard InChI is InChI=1S/C31H31FN4O2/c1-4-6-10-29-35-30(37)26(31(38)36(29)27(5-2)24-9-7-8-22(17-24)19-33)18-21-11-13-23(14-12-21)25-15-16-28(32)34-20(25)3/h7-9,11-17,27,38H,4-6,10,18H2,1-3H3. The Labute approximate surface area is 222 Å². The highest BCUT2D eigenvalue weighted by Crippen LogP contribution is 2.31. The van der Waals surface area contributed by atoms with E-state index in [1.807, 2.05) is 49.4 Å². The number of nitrogens with zero attached hydrogens (tertiary/aromatic N) is 4. The summed E-state index contributed by atoms with van der Waals surface area (Å²) in [5.41, 5.74) is 4.35. The second-order valence-corrected chi connectivity index (χ2v) is 9.41. The molecule has 2 aromatic heterocycles. The maximum absolute atomic E-state index is 13.4. The molecule has 0 aliphatic heterocycles. The van der Waals surface area contributed by atoms with Gasteiger partial charge in [-0.15, -0.1) is 0 Å². The van der Waals surface area contributed by atoms with Crippen molar-refractivity contribution < 1.29 is 9.50 Å². The molecule has 0 spiro atoms. The smallest absolute Gasteiger partial charge is 0.280 e. The number of nitriles is 1. The van der Waals surface area contributed by atoms with Crippen LogP contribution in [-0.4, -0.2) is 19.6 Å². The molecular weight excluding hydrogens is 479 g/mol. The number of rotatable bonds is 9. The summed E-state index contributed by atoms with van der Waals surface area (Å²) in [5, 5.41) is 20.9. The molecule has 0 radical (unpaired) electrons. The minimum absolute atomic E-state index is 0.0898. The number of unbranched alkanes of at least 4 members (excludes halogenated alkanes) is 1. The van der Waals surface area contributed by atoms with Crippen LogP contribution in [0.4, 0.5) is 4.39 Å². The molecule has 6 nitrogen and oxygen atoms in total. The van der Waals surface area contributed by atoms with Crippen molar-refractivity contribution in [1.82, 2.24) is 14.5 Å². The third kappa shape index (κ3) is 5.65. The second kappa shape index (κ2) is 11.8. The van der Waals surface area contributed by atoms with Crippen molar-refractivity contribution in [2.45, 2.75) is 58.9 Å². The van der Waals surface area contributed by atoms with Crippen molar-refractivity contribution in [1.29, 1.82) is 5.26 Å². The summed E-state index contributed by atoms with van der Waals surface area (Å²) in [6.45, 7) is 5.84. The molecule has 2 heterocycles. The van der Waals surface area contributed by atoms with E-state index in [1.54, 1.807) is 23.6 Å². The summed E-state index contributed by atoms with van der Waals surface area (Å²) in [7, 11) is 0. The van der Waals surface area contributed by atoms with E-state index in [9.17, 15) is 19.6 Å². The Hall–Kier alpha value is -4.31. The molecule has 2 aromatic carbocycles. The van der Waals surface area contributed by atoms with E-state index >= 15 is 0 Å². The van der Waals surface area contributed by atoms with E-state index in [-0.39, 0.29) is 23.9 Å². The fourth-order valence-corrected chi connectivity index (χ4v) is 4.82. The fourth-order valence-electron chi connectivity index (χ4n) is 4.82. The van der Waals surface area contributed by atoms with Gasteiger partial charge in [-0.05, 0) is 60.7 Å². The number of aromatic nitrogens is 3. The van der Waals surface area contributed by atoms with Gasteiger partial charge in [0.15, 0.2) is 0 Å². The van der Waals surface area contributed by atoms with Crippen LogP contribution in [0, 0.1) is 24.2 Å². The van der Waals surface area contributed by atoms with E-state index in [0.717, 1.165) is 35.1 Å². The molecule has 38 heavy (non-hydrogen) atoms. The molecule has 7 heteroatoms. The van der Waals surface area contributed by atoms with Crippen molar-refractivity contribution in [3.05, 3.63) is 111 Å². The van der Waals surface area contributed by atoms with Crippen molar-refractivity contribution in [3.63, 3.8) is 0 Å². The molecule has 1 atom stereocenters. The van der Waals surface area contributed by atoms with Crippen LogP contribution in [-0.2, 0) is 12.8 Å². The van der Waals surface area contributed by atoms with Crippen molar-refractivity contribution in [2.24, 2.45) is 0 Å². The Morgan fingerprint density at radius 2 is 1.84 bits per heavy atom. The summed E-state index contributed by atoms with van der Waals surface area (Å²) in [5.74, 6) is -0.0656. The highest BCUT2D eigenvalue weighted by Gasteiger charge is 2.23. The van der Waals surface area contributed by atoms with E-state index in [4.69, 9.17) is 0 Å². The average molecular weight is 511 g/mol. The normalized spacial score (nSPS) is 11.8. The minimum atomic E-state index is -0.519. The monoisotopic (exact) mass is 510 g/mol. The van der Waals surface area contributed by atoms with Crippen LogP contribution in [0.2, 0.25) is 0 Å². The molecule has 0 fully saturated rings. The zero-order valence-corrected chi connectivity index (χ0v) is 21.9. The molecule has 0 amide bonds. The predicted octanol–water partition coefficient (Wildman–Crippen LogP) is 6.26. The number of aryl methyl sites for hydroxylation is 2. The molecule has 4 aromatic rings. The third-order valence-corrected chi connectivity index (χ3v) is 6.82. The fraction of sp³-hybridized carbons (Fsp3) is 0.290. The number of benzene rings is 2. The summed E-state index contributed by atoms with van der Waals surface area (Å²) >= 11 is 0. The highest BCUT2D eigenvalue weighted by molar-refractivity contribution is 5.65. The first-order chi connectivity index (χ1) is 18.4. The quantitative estimate of drug-likeness (QED) is 0.268. The number of hydrogen-bond donors (Lipinski definition) is 1. The molecule has 194 valence electrons. The first-order valence-corrected chi connectivity index (χ1v) is 12.9. The topological polar surface area (TPSA) is 91.8 Å². The highest BCUT2D eigenvalue weighted by atomic mass is 19.1. The van der Waals surface area contributed by atoms with Gasteiger partial charge in [0.05, 0.1) is 23.2 Å². The van der Waals surface area contributed by atoms with E-state index in [1.165, 1.54) is 6.07 Å². The van der Waals surface area contributed by atoms with Crippen LogP contribution < -0.4 is 5.56 Å². The van der Waals surface area contributed by atoms with Crippen molar-refractivity contribution >= 4 is 0 Å². The zero-order chi connectivity index (χ0) is 27.2. The van der Waals surface area contributed by atoms with Crippen LogP contribution in [0.1, 0.15) is 72.9 Å². The molecule has 1 N–H and O–H groups in total. The summed E-state index contributed by atoms with van der Waals surface area (Å²) in [6, 6.07) is 19.8. The minimum Gasteiger partial charge on any atom is -0.494 e. The van der Waals surface area contributed by atoms with Gasteiger partial charge in [0.2, 0.25) is 11.8 Å². The Bertz CT molecular complexity index is 1540. The summed E-state index contributed by atoms with van der Waals surface area (Å²) < 4.78 is 15.2. The number of hydrogen-bond acceptors (Lipinski definition) is 5. The van der Waals surface area contributed by atoms with Crippen LogP contribution in [0.5, 0.6) is 5.88 Å². The van der Waals surface area contributed by atoms with Gasteiger partial charge >= 0.3 is 0 Å². The molecule has 0 aliphatic carbocycles. The van der Waals surface area contributed by atoms with Gasteiger partial charge in [0, 0.05) is 24.1 Å². The number of aromatic hydroxyl groups is 1. The SMILES string of the molecule is CCCCc1nc(=O)c(Cc2ccc(-c3ccc(F)nc3C)cc2)c(O)n1C(CC)c1cccc(C#N)c1. The van der Waals surface area contributed by atoms with Crippen LogP contribution in [0.3, 0.4) is 0 Å². The largest absolute Gasteiger partial charge is 0.494 e. The molecular formula is C31H31FN4O2. The van der Waals surface area contributed by atoms with E-state index < -0.39 is 11.5 Å². The van der Waals surface area contributed by atoms with Gasteiger partial charge in [0.25, 0.3) is 5.56 Å². The zero-order valence-electron chi connectivity index (χ0n) is 21.9. The lowest BCUT2D eigenvalue weighted by atomic mass is 9.99. The van der Waals surface area contributed by atoms with Gasteiger partial charge in [-0.25, -0.2) is 4.98 Å². The first kappa shape index (κ1) is 26.7. The lowest BCUT2D eigenvalue weighted by Crippen LogP contribution is -2.25. The molecule has 0 bridgehead atoms. The molecule has 1 unspecified atom stereocenters. The molecule has 0 saturated heterocycles. The average Bonchev–Trinajstić information content (AvgIpc) is 2.92.